The first-order chi connectivity index (χ1) is 8.00. The van der Waals surface area contributed by atoms with Crippen LogP contribution in [0.1, 0.15) is 25.0 Å². The highest BCUT2D eigenvalue weighted by Gasteiger charge is 2.26. The second-order valence-corrected chi connectivity index (χ2v) is 5.45. The van der Waals surface area contributed by atoms with Crippen molar-refractivity contribution in [3.8, 4) is 0 Å². The second-order valence-electron chi connectivity index (χ2n) is 4.59. The molecule has 1 aromatic carbocycles. The van der Waals surface area contributed by atoms with Crippen LogP contribution in [0.25, 0.3) is 0 Å². The number of hydrogen-bond donors (Lipinski definition) is 0. The molecule has 0 saturated carbocycles. The summed E-state index contributed by atoms with van der Waals surface area (Å²) >= 11 is 3.48. The third-order valence-electron chi connectivity index (χ3n) is 3.29. The van der Waals surface area contributed by atoms with E-state index in [0.717, 1.165) is 28.6 Å². The summed E-state index contributed by atoms with van der Waals surface area (Å²) in [6.07, 6.45) is 0.871. The van der Waals surface area contributed by atoms with Crippen molar-refractivity contribution in [3.63, 3.8) is 0 Å². The van der Waals surface area contributed by atoms with Gasteiger partial charge in [-0.25, -0.2) is 0 Å². The molecular weight excluding hydrogens is 284 g/mol. The van der Waals surface area contributed by atoms with Gasteiger partial charge in [-0.3, -0.25) is 15.0 Å². The van der Waals surface area contributed by atoms with Crippen molar-refractivity contribution < 1.29 is 4.92 Å². The molecule has 1 heterocycles. The summed E-state index contributed by atoms with van der Waals surface area (Å²) in [5.74, 6) is 0. The van der Waals surface area contributed by atoms with Gasteiger partial charge < -0.3 is 0 Å². The molecule has 0 aromatic heterocycles. The summed E-state index contributed by atoms with van der Waals surface area (Å²) in [4.78, 5) is 13.0. The third kappa shape index (κ3) is 2.35. The molecule has 0 radical (unpaired) electrons. The number of hydrogen-bond acceptors (Lipinski definition) is 3. The molecule has 1 aliphatic heterocycles. The van der Waals surface area contributed by atoms with Crippen molar-refractivity contribution in [2.75, 3.05) is 6.54 Å². The minimum Gasteiger partial charge on any atom is -0.296 e. The lowest BCUT2D eigenvalue weighted by Crippen LogP contribution is -2.36. The molecule has 0 saturated heterocycles. The lowest BCUT2D eigenvalue weighted by Gasteiger charge is -2.32. The Labute approximate surface area is 109 Å². The molecule has 0 spiro atoms. The van der Waals surface area contributed by atoms with Gasteiger partial charge in [-0.05, 0) is 31.9 Å². The zero-order valence-corrected chi connectivity index (χ0v) is 11.5. The zero-order chi connectivity index (χ0) is 12.6. The third-order valence-corrected chi connectivity index (χ3v) is 4.03. The molecule has 5 heteroatoms. The Kier molecular flexibility index (Phi) is 3.49. The van der Waals surface area contributed by atoms with E-state index in [4.69, 9.17) is 0 Å². The van der Waals surface area contributed by atoms with Crippen LogP contribution in [-0.2, 0) is 13.0 Å². The second kappa shape index (κ2) is 4.74. The monoisotopic (exact) mass is 298 g/mol. The number of fused-ring (bicyclic) bond motifs is 1. The fraction of sp³-hybridized carbons (Fsp3) is 0.500. The maximum Gasteiger partial charge on any atom is 0.274 e. The lowest BCUT2D eigenvalue weighted by molar-refractivity contribution is -0.385. The van der Waals surface area contributed by atoms with Gasteiger partial charge in [0.2, 0.25) is 0 Å². The molecule has 0 fully saturated rings. The van der Waals surface area contributed by atoms with Crippen molar-refractivity contribution >= 4 is 21.6 Å². The molecule has 4 nitrogen and oxygen atoms in total. The predicted octanol–water partition coefficient (Wildman–Crippen LogP) is 3.12. The Morgan fingerprint density at radius 1 is 1.41 bits per heavy atom. The van der Waals surface area contributed by atoms with Crippen LogP contribution >= 0.6 is 15.9 Å². The minimum absolute atomic E-state index is 0.244. The van der Waals surface area contributed by atoms with Gasteiger partial charge in [0.05, 0.1) is 4.92 Å². The normalized spacial score (nSPS) is 16.0. The average molecular weight is 299 g/mol. The van der Waals surface area contributed by atoms with Crippen LogP contribution in [0.15, 0.2) is 16.6 Å². The maximum absolute atomic E-state index is 11.0. The van der Waals surface area contributed by atoms with Gasteiger partial charge in [-0.1, -0.05) is 15.9 Å². The van der Waals surface area contributed by atoms with Gasteiger partial charge >= 0.3 is 0 Å². The van der Waals surface area contributed by atoms with Gasteiger partial charge in [0.1, 0.15) is 0 Å². The molecule has 1 aliphatic rings. The molecule has 1 aromatic rings. The molecule has 0 N–H and O–H groups in total. The van der Waals surface area contributed by atoms with Crippen molar-refractivity contribution in [2.24, 2.45) is 0 Å². The van der Waals surface area contributed by atoms with E-state index in [1.165, 1.54) is 0 Å². The Hall–Kier alpha value is -0.940. The number of benzene rings is 1. The minimum atomic E-state index is -0.283. The van der Waals surface area contributed by atoms with E-state index >= 15 is 0 Å². The first kappa shape index (κ1) is 12.5. The molecule has 0 amide bonds. The van der Waals surface area contributed by atoms with Gasteiger partial charge in [-0.2, -0.15) is 0 Å². The number of nitrogens with zero attached hydrogens (tertiary/aromatic N) is 2. The summed E-state index contributed by atoms with van der Waals surface area (Å²) < 4.78 is 0.988. The first-order valence-electron chi connectivity index (χ1n) is 5.69. The average Bonchev–Trinajstić information content (AvgIpc) is 2.28. The fourth-order valence-corrected chi connectivity index (χ4v) is 2.82. The molecule has 0 bridgehead atoms. The highest BCUT2D eigenvalue weighted by Crippen LogP contribution is 2.33. The van der Waals surface area contributed by atoms with Crippen LogP contribution in [-0.4, -0.2) is 22.4 Å². The molecule has 0 unspecified atom stereocenters. The highest BCUT2D eigenvalue weighted by molar-refractivity contribution is 9.10. The zero-order valence-electron chi connectivity index (χ0n) is 9.94. The van der Waals surface area contributed by atoms with E-state index in [2.05, 4.69) is 34.7 Å². The number of halogens is 1. The van der Waals surface area contributed by atoms with Crippen LogP contribution in [0.4, 0.5) is 5.69 Å². The standard InChI is InChI=1S/C12H15BrN2O2/c1-8(2)14-6-5-9-10(7-14)12(15(16)17)4-3-11(9)13/h3-4,8H,5-7H2,1-2H3. The molecule has 17 heavy (non-hydrogen) atoms. The van der Waals surface area contributed by atoms with E-state index in [1.54, 1.807) is 12.1 Å². The predicted molar refractivity (Wildman–Crippen MR) is 70.0 cm³/mol. The quantitative estimate of drug-likeness (QED) is 0.622. The van der Waals surface area contributed by atoms with E-state index in [1.807, 2.05) is 0 Å². The van der Waals surface area contributed by atoms with E-state index in [0.29, 0.717) is 12.6 Å². The number of nitro benzene ring substituents is 1. The van der Waals surface area contributed by atoms with E-state index < -0.39 is 0 Å². The summed E-state index contributed by atoms with van der Waals surface area (Å²) in [7, 11) is 0. The topological polar surface area (TPSA) is 46.4 Å². The maximum atomic E-state index is 11.0. The van der Waals surface area contributed by atoms with Crippen molar-refractivity contribution in [1.82, 2.24) is 4.90 Å². The Morgan fingerprint density at radius 3 is 2.71 bits per heavy atom. The summed E-state index contributed by atoms with van der Waals surface area (Å²) in [6, 6.07) is 3.79. The summed E-state index contributed by atoms with van der Waals surface area (Å²) in [5, 5.41) is 11.0. The molecular formula is C12H15BrN2O2. The van der Waals surface area contributed by atoms with E-state index in [9.17, 15) is 10.1 Å². The van der Waals surface area contributed by atoms with Crippen LogP contribution in [0, 0.1) is 10.1 Å². The van der Waals surface area contributed by atoms with E-state index in [-0.39, 0.29) is 10.6 Å². The number of nitro groups is 1. The SMILES string of the molecule is CC(C)N1CCc2c(Br)ccc([N+](=O)[O-])c2C1. The lowest BCUT2D eigenvalue weighted by atomic mass is 9.97. The van der Waals surface area contributed by atoms with Crippen molar-refractivity contribution in [3.05, 3.63) is 37.8 Å². The van der Waals surface area contributed by atoms with Crippen LogP contribution in [0.2, 0.25) is 0 Å². The number of rotatable bonds is 2. The largest absolute Gasteiger partial charge is 0.296 e. The van der Waals surface area contributed by atoms with Gasteiger partial charge in [0.25, 0.3) is 5.69 Å². The molecule has 0 aliphatic carbocycles. The highest BCUT2D eigenvalue weighted by atomic mass is 79.9. The molecule has 92 valence electrons. The fourth-order valence-electron chi connectivity index (χ4n) is 2.25. The Balaban J connectivity index is 2.46. The Bertz CT molecular complexity index is 460. The van der Waals surface area contributed by atoms with Crippen LogP contribution in [0.3, 0.4) is 0 Å². The van der Waals surface area contributed by atoms with Gasteiger partial charge in [0, 0.05) is 35.2 Å². The first-order valence-corrected chi connectivity index (χ1v) is 6.48. The Morgan fingerprint density at radius 2 is 2.12 bits per heavy atom. The molecule has 2 rings (SSSR count). The van der Waals surface area contributed by atoms with Crippen molar-refractivity contribution in [2.45, 2.75) is 32.9 Å². The van der Waals surface area contributed by atoms with Gasteiger partial charge in [-0.15, -0.1) is 0 Å². The van der Waals surface area contributed by atoms with Crippen LogP contribution < -0.4 is 0 Å². The molecule has 0 atom stereocenters. The van der Waals surface area contributed by atoms with Crippen LogP contribution in [0.5, 0.6) is 0 Å². The smallest absolute Gasteiger partial charge is 0.274 e. The summed E-state index contributed by atoms with van der Waals surface area (Å²) in [6.45, 7) is 5.87. The summed E-state index contributed by atoms with van der Waals surface area (Å²) in [5.41, 5.74) is 2.20. The van der Waals surface area contributed by atoms with Gasteiger partial charge in [0.15, 0.2) is 0 Å². The van der Waals surface area contributed by atoms with Crippen molar-refractivity contribution in [1.29, 1.82) is 0 Å².